The van der Waals surface area contributed by atoms with Crippen molar-refractivity contribution in [1.82, 2.24) is 9.29 Å². The second-order valence-electron chi connectivity index (χ2n) is 9.32. The summed E-state index contributed by atoms with van der Waals surface area (Å²) in [6, 6.07) is 22.2. The molecule has 0 radical (unpaired) electrons. The van der Waals surface area contributed by atoms with Gasteiger partial charge in [-0.3, -0.25) is 9.69 Å². The van der Waals surface area contributed by atoms with Gasteiger partial charge in [0.2, 0.25) is 10.0 Å². The van der Waals surface area contributed by atoms with Gasteiger partial charge in [0.05, 0.1) is 21.7 Å². The van der Waals surface area contributed by atoms with Crippen molar-refractivity contribution < 1.29 is 13.2 Å². The third kappa shape index (κ3) is 5.60. The Balaban J connectivity index is 1.45. The number of carbonyl (C=O) groups excluding carboxylic acids is 1. The van der Waals surface area contributed by atoms with Crippen LogP contribution < -0.4 is 4.90 Å². The summed E-state index contributed by atoms with van der Waals surface area (Å²) < 4.78 is 28.9. The number of piperidine rings is 1. The third-order valence-electron chi connectivity index (χ3n) is 6.73. The van der Waals surface area contributed by atoms with E-state index in [1.54, 1.807) is 45.2 Å². The van der Waals surface area contributed by atoms with Crippen molar-refractivity contribution in [2.75, 3.05) is 24.2 Å². The summed E-state index contributed by atoms with van der Waals surface area (Å²) in [6.07, 6.45) is 3.76. The van der Waals surface area contributed by atoms with Crippen molar-refractivity contribution >= 4 is 54.4 Å². The zero-order chi connectivity index (χ0) is 26.0. The molecule has 9 heteroatoms. The quantitative estimate of drug-likeness (QED) is 0.253. The van der Waals surface area contributed by atoms with Crippen LogP contribution in [0.1, 0.15) is 35.7 Å². The molecule has 1 fully saturated rings. The molecule has 6 nitrogen and oxygen atoms in total. The smallest absolute Gasteiger partial charge is 0.260 e. The fourth-order valence-corrected chi connectivity index (χ4v) is 7.41. The number of rotatable bonds is 7. The molecule has 0 bridgehead atoms. The monoisotopic (exact) mass is 551 g/mol. The minimum absolute atomic E-state index is 0.219. The van der Waals surface area contributed by atoms with E-state index in [1.807, 2.05) is 48.7 Å². The van der Waals surface area contributed by atoms with Gasteiger partial charge in [-0.05, 0) is 73.0 Å². The summed E-state index contributed by atoms with van der Waals surface area (Å²) >= 11 is 3.15. The van der Waals surface area contributed by atoms with Gasteiger partial charge in [-0.2, -0.15) is 4.31 Å². The zero-order valence-corrected chi connectivity index (χ0v) is 23.3. The maximum absolute atomic E-state index is 13.8. The molecule has 1 amide bonds. The first kappa shape index (κ1) is 25.9. The Bertz CT molecular complexity index is 1490. The van der Waals surface area contributed by atoms with E-state index in [-0.39, 0.29) is 10.8 Å². The molecule has 4 aromatic rings. The summed E-state index contributed by atoms with van der Waals surface area (Å²) in [5.74, 6) is 0.320. The van der Waals surface area contributed by atoms with Crippen LogP contribution in [-0.2, 0) is 16.6 Å². The van der Waals surface area contributed by atoms with Crippen LogP contribution in [0.2, 0.25) is 0 Å². The van der Waals surface area contributed by atoms with Crippen molar-refractivity contribution in [1.29, 1.82) is 0 Å². The number of hydrogen-bond donors (Lipinski definition) is 0. The molecule has 1 saturated heterocycles. The highest BCUT2D eigenvalue weighted by Crippen LogP contribution is 2.33. The van der Waals surface area contributed by atoms with E-state index in [0.29, 0.717) is 36.2 Å². The Labute approximate surface area is 226 Å². The van der Waals surface area contributed by atoms with Crippen LogP contribution in [0.3, 0.4) is 0 Å². The highest BCUT2D eigenvalue weighted by molar-refractivity contribution is 7.98. The van der Waals surface area contributed by atoms with E-state index >= 15 is 0 Å². The number of benzene rings is 3. The van der Waals surface area contributed by atoms with Crippen LogP contribution in [0.15, 0.2) is 82.6 Å². The number of carbonyl (C=O) groups is 1. The van der Waals surface area contributed by atoms with E-state index in [4.69, 9.17) is 4.98 Å². The molecule has 0 saturated carbocycles. The average molecular weight is 552 g/mol. The van der Waals surface area contributed by atoms with Crippen LogP contribution in [-0.4, -0.2) is 43.0 Å². The van der Waals surface area contributed by atoms with E-state index in [1.165, 1.54) is 11.3 Å². The van der Waals surface area contributed by atoms with Gasteiger partial charge < -0.3 is 0 Å². The zero-order valence-electron chi connectivity index (χ0n) is 20.8. The lowest BCUT2D eigenvalue weighted by molar-refractivity contribution is 0.0985. The van der Waals surface area contributed by atoms with Gasteiger partial charge in [0.15, 0.2) is 5.13 Å². The fraction of sp³-hybridized carbons (Fsp3) is 0.286. The lowest BCUT2D eigenvalue weighted by Crippen LogP contribution is -2.37. The first-order chi connectivity index (χ1) is 17.8. The van der Waals surface area contributed by atoms with Crippen molar-refractivity contribution in [3.63, 3.8) is 0 Å². The topological polar surface area (TPSA) is 70.6 Å². The number of thioether (sulfide) groups is 1. The fourth-order valence-electron chi connectivity index (χ4n) is 4.43. The van der Waals surface area contributed by atoms with E-state index in [0.717, 1.165) is 33.5 Å². The molecule has 0 aliphatic carbocycles. The largest absolute Gasteiger partial charge is 0.279 e. The number of aromatic nitrogens is 1. The molecule has 2 heterocycles. The number of nitrogens with zero attached hydrogens (tertiary/aromatic N) is 3. The molecule has 1 aliphatic rings. The number of sulfonamides is 1. The summed E-state index contributed by atoms with van der Waals surface area (Å²) in [7, 11) is -3.58. The van der Waals surface area contributed by atoms with Gasteiger partial charge >= 0.3 is 0 Å². The predicted octanol–water partition coefficient (Wildman–Crippen LogP) is 6.29. The van der Waals surface area contributed by atoms with Crippen molar-refractivity contribution in [3.05, 3.63) is 83.9 Å². The van der Waals surface area contributed by atoms with Crippen LogP contribution in [0.5, 0.6) is 0 Å². The van der Waals surface area contributed by atoms with Gasteiger partial charge in [-0.1, -0.05) is 48.6 Å². The molecule has 192 valence electrons. The van der Waals surface area contributed by atoms with Gasteiger partial charge in [0.1, 0.15) is 0 Å². The Hall–Kier alpha value is -2.72. The van der Waals surface area contributed by atoms with Gasteiger partial charge in [0, 0.05) is 23.5 Å². The Morgan fingerprint density at radius 3 is 2.43 bits per heavy atom. The lowest BCUT2D eigenvalue weighted by atomic mass is 10.0. The van der Waals surface area contributed by atoms with Crippen molar-refractivity contribution in [2.45, 2.75) is 36.1 Å². The maximum Gasteiger partial charge on any atom is 0.260 e. The minimum atomic E-state index is -3.58. The molecule has 5 rings (SSSR count). The maximum atomic E-state index is 13.8. The molecular formula is C28H29N3O3S3. The molecular weight excluding hydrogens is 523 g/mol. The molecule has 3 aromatic carbocycles. The molecule has 0 N–H and O–H groups in total. The van der Waals surface area contributed by atoms with Crippen LogP contribution in [0.4, 0.5) is 5.13 Å². The van der Waals surface area contributed by atoms with Crippen LogP contribution in [0, 0.1) is 5.92 Å². The van der Waals surface area contributed by atoms with Crippen molar-refractivity contribution in [2.24, 2.45) is 5.92 Å². The SMILES string of the molecule is CSc1ccc2nc(N(Cc3ccccc3)C(=O)c3ccc(S(=O)(=O)N4CCC(C)CC4)cc3)sc2c1. The molecule has 0 unspecified atom stereocenters. The molecule has 37 heavy (non-hydrogen) atoms. The third-order valence-corrected chi connectivity index (χ3v) is 10.4. The number of thiazole rings is 1. The standard InChI is InChI=1S/C28H29N3O3S3/c1-20-14-16-30(17-15-20)37(33,34)24-11-8-22(9-12-24)27(32)31(19-21-6-4-3-5-7-21)28-29-25-13-10-23(35-2)18-26(25)36-28/h3-13,18,20H,14-17,19H2,1-2H3. The highest BCUT2D eigenvalue weighted by Gasteiger charge is 2.29. The van der Waals surface area contributed by atoms with Gasteiger partial charge in [-0.25, -0.2) is 13.4 Å². The minimum Gasteiger partial charge on any atom is -0.279 e. The van der Waals surface area contributed by atoms with E-state index in [9.17, 15) is 13.2 Å². The summed E-state index contributed by atoms with van der Waals surface area (Å²) in [5.41, 5.74) is 2.26. The van der Waals surface area contributed by atoms with E-state index < -0.39 is 10.0 Å². The van der Waals surface area contributed by atoms with Gasteiger partial charge in [0.25, 0.3) is 5.91 Å². The highest BCUT2D eigenvalue weighted by atomic mass is 32.2. The van der Waals surface area contributed by atoms with Crippen molar-refractivity contribution in [3.8, 4) is 0 Å². The predicted molar refractivity (Wildman–Crippen MR) is 152 cm³/mol. The molecule has 1 aliphatic heterocycles. The Morgan fingerprint density at radius 2 is 1.76 bits per heavy atom. The second-order valence-corrected chi connectivity index (χ2v) is 13.1. The van der Waals surface area contributed by atoms with E-state index in [2.05, 4.69) is 13.0 Å². The number of hydrogen-bond acceptors (Lipinski definition) is 6. The van der Waals surface area contributed by atoms with Crippen LogP contribution >= 0.6 is 23.1 Å². The van der Waals surface area contributed by atoms with Gasteiger partial charge in [-0.15, -0.1) is 11.8 Å². The number of anilines is 1. The number of amides is 1. The summed E-state index contributed by atoms with van der Waals surface area (Å²) in [6.45, 7) is 3.58. The first-order valence-electron chi connectivity index (χ1n) is 12.3. The first-order valence-corrected chi connectivity index (χ1v) is 15.7. The average Bonchev–Trinajstić information content (AvgIpc) is 3.35. The Kier molecular flexibility index (Phi) is 7.67. The molecule has 0 spiro atoms. The lowest BCUT2D eigenvalue weighted by Gasteiger charge is -2.29. The van der Waals surface area contributed by atoms with Crippen LogP contribution in [0.25, 0.3) is 10.2 Å². The summed E-state index contributed by atoms with van der Waals surface area (Å²) in [5, 5.41) is 0.612. The number of fused-ring (bicyclic) bond motifs is 1. The Morgan fingerprint density at radius 1 is 1.05 bits per heavy atom. The molecule has 1 aromatic heterocycles. The molecule has 0 atom stereocenters. The summed E-state index contributed by atoms with van der Waals surface area (Å²) in [4.78, 5) is 21.6. The normalized spacial score (nSPS) is 15.2. The second kappa shape index (κ2) is 10.9.